The first-order valence-electron chi connectivity index (χ1n) is 12.3. The van der Waals surface area contributed by atoms with Gasteiger partial charge in [-0.2, -0.15) is 5.10 Å². The zero-order valence-electron chi connectivity index (χ0n) is 21.6. The van der Waals surface area contributed by atoms with Crippen LogP contribution in [0.4, 0.5) is 0 Å². The van der Waals surface area contributed by atoms with Crippen LogP contribution in [0.1, 0.15) is 55.4 Å². The first kappa shape index (κ1) is 25.9. The molecule has 0 aromatic heterocycles. The average molecular weight is 497 g/mol. The van der Waals surface area contributed by atoms with Crippen LogP contribution < -0.4 is 14.9 Å². The fourth-order valence-electron chi connectivity index (χ4n) is 3.99. The van der Waals surface area contributed by atoms with Gasteiger partial charge < -0.3 is 9.47 Å². The number of esters is 1. The van der Waals surface area contributed by atoms with Gasteiger partial charge in [0.05, 0.1) is 13.3 Å². The number of hydrogen-bond donors (Lipinski definition) is 1. The minimum atomic E-state index is -0.475. The molecule has 0 aliphatic heterocycles. The van der Waals surface area contributed by atoms with Crippen LogP contribution in [0, 0.1) is 5.92 Å². The fourth-order valence-corrected chi connectivity index (χ4v) is 3.99. The third-order valence-electron chi connectivity index (χ3n) is 6.35. The molecule has 4 rings (SSSR count). The Balaban J connectivity index is 1.23. The number of benzene rings is 3. The molecule has 1 N–H and O–H groups in total. The van der Waals surface area contributed by atoms with Gasteiger partial charge in [-0.25, -0.2) is 10.2 Å². The van der Waals surface area contributed by atoms with E-state index in [-0.39, 0.29) is 23.2 Å². The molecule has 1 aliphatic carbocycles. The van der Waals surface area contributed by atoms with Crippen molar-refractivity contribution in [2.45, 2.75) is 38.5 Å². The smallest absolute Gasteiger partial charge is 0.336 e. The van der Waals surface area contributed by atoms with Crippen molar-refractivity contribution in [2.24, 2.45) is 11.0 Å². The highest BCUT2D eigenvalue weighted by molar-refractivity contribution is 5.89. The summed E-state index contributed by atoms with van der Waals surface area (Å²) >= 11 is 0. The van der Waals surface area contributed by atoms with Crippen molar-refractivity contribution in [3.05, 3.63) is 101 Å². The molecule has 3 aromatic carbocycles. The lowest BCUT2D eigenvalue weighted by atomic mass is 9.86. The fraction of sp³-hybridized carbons (Fsp3) is 0.258. The molecule has 0 saturated heterocycles. The largest absolute Gasteiger partial charge is 0.497 e. The summed E-state index contributed by atoms with van der Waals surface area (Å²) in [4.78, 5) is 24.6. The Morgan fingerprint density at radius 3 is 2.14 bits per heavy atom. The van der Waals surface area contributed by atoms with Gasteiger partial charge in [0.1, 0.15) is 11.5 Å². The highest BCUT2D eigenvalue weighted by Gasteiger charge is 2.44. The Bertz CT molecular complexity index is 1290. The Labute approximate surface area is 218 Å². The molecular formula is C31H32N2O4. The van der Waals surface area contributed by atoms with Crippen molar-refractivity contribution in [3.8, 4) is 11.5 Å². The van der Waals surface area contributed by atoms with Crippen LogP contribution in [0.3, 0.4) is 0 Å². The monoisotopic (exact) mass is 496 g/mol. The van der Waals surface area contributed by atoms with Crippen LogP contribution in [-0.2, 0) is 15.0 Å². The molecule has 0 heterocycles. The lowest BCUT2D eigenvalue weighted by Crippen LogP contribution is -2.20. The Morgan fingerprint density at radius 2 is 1.51 bits per heavy atom. The summed E-state index contributed by atoms with van der Waals surface area (Å²) in [6.07, 6.45) is 5.46. The number of amides is 1. The van der Waals surface area contributed by atoms with Crippen molar-refractivity contribution in [3.63, 3.8) is 0 Å². The third kappa shape index (κ3) is 7.17. The summed E-state index contributed by atoms with van der Waals surface area (Å²) in [5.74, 6) is 0.819. The third-order valence-corrected chi connectivity index (χ3v) is 6.35. The summed E-state index contributed by atoms with van der Waals surface area (Å²) in [5, 5.41) is 4.09. The van der Waals surface area contributed by atoms with Gasteiger partial charge in [0.2, 0.25) is 5.91 Å². The molecule has 3 aromatic rings. The predicted molar refractivity (Wildman–Crippen MR) is 146 cm³/mol. The summed E-state index contributed by atoms with van der Waals surface area (Å²) < 4.78 is 10.5. The maximum Gasteiger partial charge on any atom is 0.336 e. The molecule has 0 spiro atoms. The minimum absolute atomic E-state index is 0.0506. The second kappa shape index (κ2) is 11.2. The molecule has 37 heavy (non-hydrogen) atoms. The molecule has 1 aliphatic rings. The van der Waals surface area contributed by atoms with Crippen LogP contribution in [-0.4, -0.2) is 25.2 Å². The van der Waals surface area contributed by atoms with Crippen LogP contribution in [0.15, 0.2) is 84.0 Å². The first-order chi connectivity index (χ1) is 17.7. The second-order valence-corrected chi connectivity index (χ2v) is 10.2. The van der Waals surface area contributed by atoms with Crippen LogP contribution in [0.25, 0.3) is 6.08 Å². The van der Waals surface area contributed by atoms with Gasteiger partial charge in [0, 0.05) is 12.0 Å². The quantitative estimate of drug-likeness (QED) is 0.139. The van der Waals surface area contributed by atoms with E-state index >= 15 is 0 Å². The molecule has 1 amide bonds. The molecular weight excluding hydrogens is 464 g/mol. The van der Waals surface area contributed by atoms with Gasteiger partial charge in [-0.05, 0) is 82.5 Å². The lowest BCUT2D eigenvalue weighted by Gasteiger charge is -2.19. The minimum Gasteiger partial charge on any atom is -0.497 e. The van der Waals surface area contributed by atoms with Gasteiger partial charge in [-0.1, -0.05) is 57.2 Å². The molecule has 0 radical (unpaired) electrons. The Morgan fingerprint density at radius 1 is 0.892 bits per heavy atom. The molecule has 6 heteroatoms. The number of methoxy groups -OCH3 is 1. The number of carbonyl (C=O) groups excluding carboxylic acids is 2. The van der Waals surface area contributed by atoms with E-state index in [9.17, 15) is 9.59 Å². The zero-order chi connectivity index (χ0) is 26.4. The van der Waals surface area contributed by atoms with Crippen molar-refractivity contribution in [1.29, 1.82) is 0 Å². The van der Waals surface area contributed by atoms with Gasteiger partial charge in [-0.15, -0.1) is 0 Å². The molecule has 2 atom stereocenters. The number of rotatable bonds is 8. The van der Waals surface area contributed by atoms with E-state index in [2.05, 4.69) is 55.6 Å². The van der Waals surface area contributed by atoms with E-state index in [0.717, 1.165) is 23.3 Å². The lowest BCUT2D eigenvalue weighted by molar-refractivity contribution is -0.129. The van der Waals surface area contributed by atoms with Crippen LogP contribution >= 0.6 is 0 Å². The van der Waals surface area contributed by atoms with Gasteiger partial charge in [-0.3, -0.25) is 4.79 Å². The van der Waals surface area contributed by atoms with Gasteiger partial charge in [0.15, 0.2) is 0 Å². The molecule has 0 bridgehead atoms. The number of nitrogens with zero attached hydrogens (tertiary/aromatic N) is 1. The Kier molecular flexibility index (Phi) is 7.87. The second-order valence-electron chi connectivity index (χ2n) is 10.2. The maximum absolute atomic E-state index is 12.5. The van der Waals surface area contributed by atoms with E-state index < -0.39 is 5.97 Å². The number of hydrazone groups is 1. The summed E-state index contributed by atoms with van der Waals surface area (Å²) in [6.45, 7) is 6.57. The van der Waals surface area contributed by atoms with E-state index in [1.165, 1.54) is 17.2 Å². The number of ether oxygens (including phenoxy) is 2. The zero-order valence-corrected chi connectivity index (χ0v) is 21.6. The molecule has 6 nitrogen and oxygen atoms in total. The molecule has 2 unspecified atom stereocenters. The standard InChI is InChI=1S/C31H32N2O4/c1-31(2,3)24-12-10-23(11-13-24)27-19-28(27)30(35)33-32-20-22-7-16-26(17-8-22)37-29(34)18-9-21-5-14-25(36-4)15-6-21/h5-18,20,27-28H,19H2,1-4H3,(H,33,35)/b18-9+,32-20-. The maximum atomic E-state index is 12.5. The van der Waals surface area contributed by atoms with Crippen molar-refractivity contribution in [2.75, 3.05) is 7.11 Å². The first-order valence-corrected chi connectivity index (χ1v) is 12.3. The highest BCUT2D eigenvalue weighted by Crippen LogP contribution is 2.47. The predicted octanol–water partition coefficient (Wildman–Crippen LogP) is 5.87. The van der Waals surface area contributed by atoms with Gasteiger partial charge in [0.25, 0.3) is 0 Å². The summed E-state index contributed by atoms with van der Waals surface area (Å²) in [6, 6.07) is 22.8. The van der Waals surface area contributed by atoms with E-state index in [1.807, 2.05) is 24.3 Å². The summed E-state index contributed by atoms with van der Waals surface area (Å²) in [7, 11) is 1.60. The highest BCUT2D eigenvalue weighted by atomic mass is 16.5. The molecule has 190 valence electrons. The van der Waals surface area contributed by atoms with Gasteiger partial charge >= 0.3 is 5.97 Å². The summed E-state index contributed by atoms with van der Waals surface area (Å²) in [5.41, 5.74) is 6.88. The Hall–Kier alpha value is -4.19. The van der Waals surface area contributed by atoms with Crippen molar-refractivity contribution in [1.82, 2.24) is 5.43 Å². The number of nitrogens with one attached hydrogen (secondary N) is 1. The molecule has 1 saturated carbocycles. The van der Waals surface area contributed by atoms with Crippen molar-refractivity contribution < 1.29 is 19.1 Å². The van der Waals surface area contributed by atoms with E-state index in [1.54, 1.807) is 43.7 Å². The molecule has 1 fully saturated rings. The van der Waals surface area contributed by atoms with Crippen LogP contribution in [0.2, 0.25) is 0 Å². The topological polar surface area (TPSA) is 77.0 Å². The normalized spacial score (nSPS) is 17.1. The van der Waals surface area contributed by atoms with Crippen LogP contribution in [0.5, 0.6) is 11.5 Å². The average Bonchev–Trinajstić information content (AvgIpc) is 3.70. The van der Waals surface area contributed by atoms with E-state index in [0.29, 0.717) is 5.75 Å². The van der Waals surface area contributed by atoms with E-state index in [4.69, 9.17) is 9.47 Å². The number of carbonyl (C=O) groups is 2. The van der Waals surface area contributed by atoms with Crippen molar-refractivity contribution >= 4 is 24.2 Å². The SMILES string of the molecule is COc1ccc(/C=C/C(=O)Oc2ccc(/C=N\NC(=O)C3CC3c3ccc(C(C)(C)C)cc3)cc2)cc1. The number of hydrogen-bond acceptors (Lipinski definition) is 5.